The second-order valence-corrected chi connectivity index (χ2v) is 8.23. The summed E-state index contributed by atoms with van der Waals surface area (Å²) in [5, 5.41) is 7.98. The number of amides is 2. The van der Waals surface area contributed by atoms with E-state index in [-0.39, 0.29) is 11.9 Å². The highest BCUT2D eigenvalue weighted by Gasteiger charge is 2.42. The van der Waals surface area contributed by atoms with Crippen LogP contribution in [0.5, 0.6) is 0 Å². The third kappa shape index (κ3) is 3.74. The van der Waals surface area contributed by atoms with Crippen LogP contribution in [0.1, 0.15) is 15.9 Å². The lowest BCUT2D eigenvalue weighted by molar-refractivity contribution is 0.0963. The molecule has 0 saturated carbocycles. The van der Waals surface area contributed by atoms with E-state index >= 15 is 0 Å². The highest BCUT2D eigenvalue weighted by molar-refractivity contribution is 6.33. The average Bonchev–Trinajstić information content (AvgIpc) is 3.38. The van der Waals surface area contributed by atoms with Gasteiger partial charge in [0.05, 0.1) is 11.8 Å². The average molecular weight is 422 g/mol. The van der Waals surface area contributed by atoms with Crippen molar-refractivity contribution in [3.63, 3.8) is 0 Å². The van der Waals surface area contributed by atoms with Crippen molar-refractivity contribution in [1.82, 2.24) is 24.9 Å². The van der Waals surface area contributed by atoms with Crippen molar-refractivity contribution in [1.29, 1.82) is 0 Å². The molecule has 2 aliphatic heterocycles. The number of halogens is 2. The standard InChI is InChI=1S/C19H21Cl2N5O2/c1-22-18(27)13-5-23-26(11-13)19(28)25-9-14-7-24(8-15(14)10-25)6-12-4-16(20)2-3-17(12)21/h2-5,11,14-15H,6-10H2,1H3,(H,22,27). The number of nitrogens with one attached hydrogen (secondary N) is 1. The Bertz CT molecular complexity index is 901. The van der Waals surface area contributed by atoms with Gasteiger partial charge in [-0.1, -0.05) is 23.2 Å². The molecule has 9 heteroatoms. The first-order valence-corrected chi connectivity index (χ1v) is 9.92. The minimum absolute atomic E-state index is 0.186. The van der Waals surface area contributed by atoms with Crippen molar-refractivity contribution in [3.05, 3.63) is 51.8 Å². The van der Waals surface area contributed by atoms with Crippen LogP contribution in [0, 0.1) is 11.8 Å². The first-order chi connectivity index (χ1) is 13.4. The van der Waals surface area contributed by atoms with E-state index in [9.17, 15) is 9.59 Å². The highest BCUT2D eigenvalue weighted by atomic mass is 35.5. The molecule has 1 aromatic heterocycles. The minimum atomic E-state index is -0.257. The third-order valence-electron chi connectivity index (χ3n) is 5.50. The molecular formula is C19H21Cl2N5O2. The van der Waals surface area contributed by atoms with Crippen LogP contribution in [0.25, 0.3) is 0 Å². The molecule has 2 aliphatic rings. The van der Waals surface area contributed by atoms with Gasteiger partial charge in [0, 0.05) is 56.0 Å². The van der Waals surface area contributed by atoms with Crippen LogP contribution in [0.2, 0.25) is 10.0 Å². The van der Waals surface area contributed by atoms with Crippen molar-refractivity contribution in [2.75, 3.05) is 33.2 Å². The lowest BCUT2D eigenvalue weighted by atomic mass is 10.0. The van der Waals surface area contributed by atoms with Crippen LogP contribution in [0.4, 0.5) is 4.79 Å². The van der Waals surface area contributed by atoms with E-state index in [1.807, 2.05) is 17.0 Å². The van der Waals surface area contributed by atoms with Gasteiger partial charge in [0.1, 0.15) is 0 Å². The Balaban J connectivity index is 1.36. The molecule has 2 fully saturated rings. The number of likely N-dealkylation sites (tertiary alicyclic amines) is 2. The Morgan fingerprint density at radius 2 is 1.89 bits per heavy atom. The fraction of sp³-hybridized carbons (Fsp3) is 0.421. The molecule has 2 saturated heterocycles. The van der Waals surface area contributed by atoms with E-state index in [2.05, 4.69) is 15.3 Å². The summed E-state index contributed by atoms with van der Waals surface area (Å²) in [5.41, 5.74) is 1.40. The molecule has 2 atom stereocenters. The number of carbonyl (C=O) groups excluding carboxylic acids is 2. The van der Waals surface area contributed by atoms with Crippen molar-refractivity contribution in [3.8, 4) is 0 Å². The van der Waals surface area contributed by atoms with Crippen LogP contribution < -0.4 is 5.32 Å². The van der Waals surface area contributed by atoms with Crippen molar-refractivity contribution in [2.24, 2.45) is 11.8 Å². The molecule has 7 nitrogen and oxygen atoms in total. The summed E-state index contributed by atoms with van der Waals surface area (Å²) in [4.78, 5) is 28.5. The molecule has 1 N–H and O–H groups in total. The first kappa shape index (κ1) is 19.2. The zero-order valence-electron chi connectivity index (χ0n) is 15.4. The summed E-state index contributed by atoms with van der Waals surface area (Å²) in [6.45, 7) is 3.98. The van der Waals surface area contributed by atoms with Gasteiger partial charge in [-0.15, -0.1) is 0 Å². The summed E-state index contributed by atoms with van der Waals surface area (Å²) in [5.74, 6) is 0.597. The maximum Gasteiger partial charge on any atom is 0.344 e. The van der Waals surface area contributed by atoms with Gasteiger partial charge in [-0.05, 0) is 35.6 Å². The van der Waals surface area contributed by atoms with E-state index in [0.717, 1.165) is 30.2 Å². The maximum absolute atomic E-state index is 12.7. The van der Waals surface area contributed by atoms with E-state index in [1.165, 1.54) is 17.1 Å². The van der Waals surface area contributed by atoms with E-state index < -0.39 is 0 Å². The number of benzene rings is 1. The van der Waals surface area contributed by atoms with Crippen LogP contribution >= 0.6 is 23.2 Å². The summed E-state index contributed by atoms with van der Waals surface area (Å²) < 4.78 is 1.25. The molecule has 2 unspecified atom stereocenters. The van der Waals surface area contributed by atoms with Gasteiger partial charge < -0.3 is 10.2 Å². The van der Waals surface area contributed by atoms with Gasteiger partial charge in [0.15, 0.2) is 0 Å². The van der Waals surface area contributed by atoms with E-state index in [4.69, 9.17) is 23.2 Å². The topological polar surface area (TPSA) is 70.5 Å². The number of hydrogen-bond donors (Lipinski definition) is 1. The Morgan fingerprint density at radius 3 is 2.57 bits per heavy atom. The SMILES string of the molecule is CNC(=O)c1cnn(C(=O)N2CC3CN(Cc4cc(Cl)ccc4Cl)CC3C2)c1. The monoisotopic (exact) mass is 421 g/mol. The Hall–Kier alpha value is -2.09. The molecule has 0 spiro atoms. The van der Waals surface area contributed by atoms with E-state index in [1.54, 1.807) is 13.1 Å². The Labute approximate surface area is 173 Å². The fourth-order valence-corrected chi connectivity index (χ4v) is 4.49. The van der Waals surface area contributed by atoms with Gasteiger partial charge in [-0.2, -0.15) is 9.78 Å². The lowest BCUT2D eigenvalue weighted by Crippen LogP contribution is -2.36. The molecule has 2 amide bonds. The van der Waals surface area contributed by atoms with Crippen molar-refractivity contribution >= 4 is 35.1 Å². The molecule has 0 aliphatic carbocycles. The predicted octanol–water partition coefficient (Wildman–Crippen LogP) is 2.58. The maximum atomic E-state index is 12.7. The number of aromatic nitrogens is 2. The zero-order chi connectivity index (χ0) is 19.8. The zero-order valence-corrected chi connectivity index (χ0v) is 17.0. The molecule has 28 heavy (non-hydrogen) atoms. The fourth-order valence-electron chi connectivity index (χ4n) is 4.11. The number of hydrogen-bond acceptors (Lipinski definition) is 4. The third-order valence-corrected chi connectivity index (χ3v) is 6.11. The molecule has 2 aromatic rings. The van der Waals surface area contributed by atoms with Crippen LogP contribution in [0.15, 0.2) is 30.6 Å². The van der Waals surface area contributed by atoms with Gasteiger partial charge >= 0.3 is 6.03 Å². The van der Waals surface area contributed by atoms with Crippen LogP contribution in [0.3, 0.4) is 0 Å². The number of rotatable bonds is 3. The van der Waals surface area contributed by atoms with Crippen molar-refractivity contribution in [2.45, 2.75) is 6.54 Å². The van der Waals surface area contributed by atoms with Gasteiger partial charge in [0.25, 0.3) is 5.91 Å². The van der Waals surface area contributed by atoms with Gasteiger partial charge in [-0.3, -0.25) is 9.69 Å². The molecule has 3 heterocycles. The second kappa shape index (κ2) is 7.73. The Morgan fingerprint density at radius 1 is 1.18 bits per heavy atom. The quantitative estimate of drug-likeness (QED) is 0.826. The predicted molar refractivity (Wildman–Crippen MR) is 107 cm³/mol. The lowest BCUT2D eigenvalue weighted by Gasteiger charge is -2.21. The summed E-state index contributed by atoms with van der Waals surface area (Å²) in [6, 6.07) is 5.35. The molecular weight excluding hydrogens is 401 g/mol. The van der Waals surface area contributed by atoms with Gasteiger partial charge in [0.2, 0.25) is 0 Å². The highest BCUT2D eigenvalue weighted by Crippen LogP contribution is 2.33. The smallest absolute Gasteiger partial charge is 0.344 e. The molecule has 0 radical (unpaired) electrons. The second-order valence-electron chi connectivity index (χ2n) is 7.39. The van der Waals surface area contributed by atoms with Gasteiger partial charge in [-0.25, -0.2) is 4.79 Å². The van der Waals surface area contributed by atoms with Crippen LogP contribution in [-0.2, 0) is 6.54 Å². The molecule has 148 valence electrons. The van der Waals surface area contributed by atoms with Crippen LogP contribution in [-0.4, -0.2) is 64.7 Å². The Kier molecular flexibility index (Phi) is 5.31. The number of carbonyl (C=O) groups is 2. The molecule has 0 bridgehead atoms. The minimum Gasteiger partial charge on any atom is -0.355 e. The summed E-state index contributed by atoms with van der Waals surface area (Å²) in [7, 11) is 1.55. The van der Waals surface area contributed by atoms with Crippen molar-refractivity contribution < 1.29 is 9.59 Å². The van der Waals surface area contributed by atoms with E-state index in [0.29, 0.717) is 35.5 Å². The molecule has 4 rings (SSSR count). The summed E-state index contributed by atoms with van der Waals surface area (Å²) in [6.07, 6.45) is 2.88. The largest absolute Gasteiger partial charge is 0.355 e. The number of nitrogens with zero attached hydrogens (tertiary/aromatic N) is 4. The number of fused-ring (bicyclic) bond motifs is 1. The molecule has 1 aromatic carbocycles. The summed E-state index contributed by atoms with van der Waals surface area (Å²) >= 11 is 12.4. The first-order valence-electron chi connectivity index (χ1n) is 9.17. The normalized spacial score (nSPS) is 21.8.